The number of nitrogens with one attached hydrogen (secondary N) is 1. The summed E-state index contributed by atoms with van der Waals surface area (Å²) in [5.41, 5.74) is 2.40. The number of rotatable bonds is 7. The zero-order valence-corrected chi connectivity index (χ0v) is 18.5. The van der Waals surface area contributed by atoms with Gasteiger partial charge in [-0.2, -0.15) is 0 Å². The number of carbonyl (C=O) groups is 2. The fraction of sp³-hybridized carbons (Fsp3) is 0.308. The van der Waals surface area contributed by atoms with Crippen molar-refractivity contribution in [2.24, 2.45) is 0 Å². The molecule has 1 N–H and O–H groups in total. The van der Waals surface area contributed by atoms with Crippen LogP contribution in [0.2, 0.25) is 0 Å². The lowest BCUT2D eigenvalue weighted by molar-refractivity contribution is -0.123. The van der Waals surface area contributed by atoms with Gasteiger partial charge in [0.15, 0.2) is 5.76 Å². The molecule has 1 saturated carbocycles. The highest BCUT2D eigenvalue weighted by atomic mass is 16.3. The third kappa shape index (κ3) is 4.69. The first-order valence-electron chi connectivity index (χ1n) is 11.0. The molecule has 0 unspecified atom stereocenters. The molecule has 1 aliphatic rings. The minimum Gasteiger partial charge on any atom is -0.459 e. The van der Waals surface area contributed by atoms with Crippen LogP contribution in [-0.4, -0.2) is 32.0 Å². The lowest BCUT2D eigenvalue weighted by Gasteiger charge is -2.32. The van der Waals surface area contributed by atoms with Gasteiger partial charge in [-0.25, -0.2) is 0 Å². The van der Waals surface area contributed by atoms with Crippen LogP contribution in [0.15, 0.2) is 77.4 Å². The summed E-state index contributed by atoms with van der Waals surface area (Å²) >= 11 is 0. The molecule has 0 saturated heterocycles. The van der Waals surface area contributed by atoms with Crippen molar-refractivity contribution in [3.8, 4) is 0 Å². The van der Waals surface area contributed by atoms with Gasteiger partial charge in [-0.15, -0.1) is 0 Å². The summed E-state index contributed by atoms with van der Waals surface area (Å²) in [6.45, 7) is 0. The molecule has 3 aromatic rings. The average molecular weight is 432 g/mol. The van der Waals surface area contributed by atoms with Gasteiger partial charge in [0.05, 0.1) is 6.26 Å². The molecule has 2 amide bonds. The van der Waals surface area contributed by atoms with Crippen LogP contribution in [0.25, 0.3) is 0 Å². The van der Waals surface area contributed by atoms with E-state index in [0.717, 1.165) is 36.9 Å². The third-order valence-electron chi connectivity index (χ3n) is 5.92. The van der Waals surface area contributed by atoms with Gasteiger partial charge in [0, 0.05) is 31.5 Å². The first-order chi connectivity index (χ1) is 15.5. The Bertz CT molecular complexity index is 1020. The molecule has 0 radical (unpaired) electrons. The number of anilines is 2. The summed E-state index contributed by atoms with van der Waals surface area (Å²) in [6, 6.07) is 19.7. The van der Waals surface area contributed by atoms with Gasteiger partial charge >= 0.3 is 0 Å². The highest BCUT2D eigenvalue weighted by molar-refractivity contribution is 6.08. The SMILES string of the molecule is CN(C)c1ccc([C@@H](C(=O)NC2CCCC2)N(C(=O)c2ccco2)c2ccccc2)cc1. The average Bonchev–Trinajstić information content (AvgIpc) is 3.52. The molecule has 1 atom stereocenters. The molecule has 6 heteroatoms. The summed E-state index contributed by atoms with van der Waals surface area (Å²) in [6.07, 6.45) is 5.63. The smallest absolute Gasteiger partial charge is 0.294 e. The fourth-order valence-electron chi connectivity index (χ4n) is 4.21. The minimum atomic E-state index is -0.827. The van der Waals surface area contributed by atoms with Crippen molar-refractivity contribution in [3.05, 3.63) is 84.3 Å². The topological polar surface area (TPSA) is 65.8 Å². The Morgan fingerprint density at radius 2 is 1.59 bits per heavy atom. The van der Waals surface area contributed by atoms with E-state index >= 15 is 0 Å². The summed E-state index contributed by atoms with van der Waals surface area (Å²) < 4.78 is 5.42. The van der Waals surface area contributed by atoms with Crippen molar-refractivity contribution < 1.29 is 14.0 Å². The molecule has 1 aliphatic carbocycles. The van der Waals surface area contributed by atoms with Crippen molar-refractivity contribution in [2.45, 2.75) is 37.8 Å². The van der Waals surface area contributed by atoms with Crippen LogP contribution >= 0.6 is 0 Å². The molecule has 0 bridgehead atoms. The first-order valence-corrected chi connectivity index (χ1v) is 11.0. The van der Waals surface area contributed by atoms with Gasteiger partial charge < -0.3 is 14.6 Å². The van der Waals surface area contributed by atoms with Gasteiger partial charge in [-0.3, -0.25) is 14.5 Å². The second-order valence-corrected chi connectivity index (χ2v) is 8.37. The molecule has 2 aromatic carbocycles. The Balaban J connectivity index is 1.78. The highest BCUT2D eigenvalue weighted by Gasteiger charge is 2.35. The second-order valence-electron chi connectivity index (χ2n) is 8.37. The van der Waals surface area contributed by atoms with E-state index < -0.39 is 6.04 Å². The number of hydrogen-bond donors (Lipinski definition) is 1. The van der Waals surface area contributed by atoms with Crippen LogP contribution in [0.4, 0.5) is 11.4 Å². The van der Waals surface area contributed by atoms with Crippen molar-refractivity contribution >= 4 is 23.2 Å². The van der Waals surface area contributed by atoms with E-state index in [0.29, 0.717) is 5.69 Å². The molecule has 0 aliphatic heterocycles. The van der Waals surface area contributed by atoms with Gasteiger partial charge in [0.25, 0.3) is 5.91 Å². The number of nitrogens with zero attached hydrogens (tertiary/aromatic N) is 2. The van der Waals surface area contributed by atoms with Crippen molar-refractivity contribution in [3.63, 3.8) is 0 Å². The molecular weight excluding hydrogens is 402 g/mol. The summed E-state index contributed by atoms with van der Waals surface area (Å²) in [4.78, 5) is 30.8. The van der Waals surface area contributed by atoms with E-state index in [1.807, 2.05) is 73.6 Å². The maximum Gasteiger partial charge on any atom is 0.294 e. The lowest BCUT2D eigenvalue weighted by atomic mass is 10.0. The Morgan fingerprint density at radius 3 is 2.19 bits per heavy atom. The van der Waals surface area contributed by atoms with Gasteiger partial charge in [-0.05, 0) is 54.8 Å². The molecule has 4 rings (SSSR count). The van der Waals surface area contributed by atoms with E-state index in [4.69, 9.17) is 4.42 Å². The molecule has 166 valence electrons. The first kappa shape index (κ1) is 21.7. The van der Waals surface area contributed by atoms with Crippen LogP contribution in [-0.2, 0) is 4.79 Å². The monoisotopic (exact) mass is 431 g/mol. The van der Waals surface area contributed by atoms with Crippen molar-refractivity contribution in [1.29, 1.82) is 0 Å². The number of hydrogen-bond acceptors (Lipinski definition) is 4. The van der Waals surface area contributed by atoms with Gasteiger partial charge in [-0.1, -0.05) is 43.2 Å². The normalized spacial score (nSPS) is 14.7. The molecular formula is C26H29N3O3. The zero-order valence-electron chi connectivity index (χ0n) is 18.5. The van der Waals surface area contributed by atoms with E-state index in [-0.39, 0.29) is 23.6 Å². The highest BCUT2D eigenvalue weighted by Crippen LogP contribution is 2.31. The fourth-order valence-corrected chi connectivity index (χ4v) is 4.21. The standard InChI is InChI=1S/C26H29N3O3/c1-28(2)21-16-14-19(15-17-21)24(25(30)27-20-9-6-7-10-20)29(22-11-4-3-5-12-22)26(31)23-13-8-18-32-23/h3-5,8,11-18,20,24H,6-7,9-10H2,1-2H3,(H,27,30)/t24-/m0/s1. The molecule has 0 spiro atoms. The number of carbonyl (C=O) groups excluding carboxylic acids is 2. The van der Waals surface area contributed by atoms with Crippen LogP contribution in [0.1, 0.15) is 47.8 Å². The Labute approximate surface area is 188 Å². The Kier molecular flexibility index (Phi) is 6.59. The molecule has 6 nitrogen and oxygen atoms in total. The quantitative estimate of drug-likeness (QED) is 0.584. The number of benzene rings is 2. The lowest BCUT2D eigenvalue weighted by Crippen LogP contribution is -2.46. The Hall–Kier alpha value is -3.54. The predicted octanol–water partition coefficient (Wildman–Crippen LogP) is 4.79. The van der Waals surface area contributed by atoms with E-state index in [1.54, 1.807) is 12.1 Å². The summed E-state index contributed by atoms with van der Waals surface area (Å²) in [5, 5.41) is 3.19. The van der Waals surface area contributed by atoms with Crippen LogP contribution < -0.4 is 15.1 Å². The van der Waals surface area contributed by atoms with Gasteiger partial charge in [0.2, 0.25) is 5.91 Å². The predicted molar refractivity (Wildman–Crippen MR) is 126 cm³/mol. The van der Waals surface area contributed by atoms with Gasteiger partial charge in [0.1, 0.15) is 6.04 Å². The maximum atomic E-state index is 13.7. The van der Waals surface area contributed by atoms with Crippen LogP contribution in [0.3, 0.4) is 0 Å². The zero-order chi connectivity index (χ0) is 22.5. The number of furan rings is 1. The third-order valence-corrected chi connectivity index (χ3v) is 5.92. The van der Waals surface area contributed by atoms with E-state index in [2.05, 4.69) is 5.32 Å². The number of para-hydroxylation sites is 1. The van der Waals surface area contributed by atoms with E-state index in [1.165, 1.54) is 11.2 Å². The largest absolute Gasteiger partial charge is 0.459 e. The van der Waals surface area contributed by atoms with Crippen molar-refractivity contribution in [2.75, 3.05) is 23.9 Å². The summed E-state index contributed by atoms with van der Waals surface area (Å²) in [5.74, 6) is -0.347. The number of amides is 2. The van der Waals surface area contributed by atoms with Crippen molar-refractivity contribution in [1.82, 2.24) is 5.32 Å². The second kappa shape index (κ2) is 9.73. The molecule has 1 fully saturated rings. The minimum absolute atomic E-state index is 0.141. The maximum absolute atomic E-state index is 13.7. The van der Waals surface area contributed by atoms with Crippen LogP contribution in [0, 0.1) is 0 Å². The van der Waals surface area contributed by atoms with Crippen LogP contribution in [0.5, 0.6) is 0 Å². The Morgan fingerprint density at radius 1 is 0.906 bits per heavy atom. The summed E-state index contributed by atoms with van der Waals surface area (Å²) in [7, 11) is 3.94. The molecule has 1 aromatic heterocycles. The van der Waals surface area contributed by atoms with E-state index in [9.17, 15) is 9.59 Å². The molecule has 32 heavy (non-hydrogen) atoms. The molecule has 1 heterocycles.